The van der Waals surface area contributed by atoms with Crippen LogP contribution in [0.25, 0.3) is 0 Å². The molecule has 1 saturated heterocycles. The predicted molar refractivity (Wildman–Crippen MR) is 170 cm³/mol. The highest BCUT2D eigenvalue weighted by atomic mass is 35.5. The number of halogens is 3. The van der Waals surface area contributed by atoms with Crippen LogP contribution >= 0.6 is 12.4 Å². The number of amides is 2. The Morgan fingerprint density at radius 3 is 2.07 bits per heavy atom. The van der Waals surface area contributed by atoms with Crippen LogP contribution < -0.4 is 19.7 Å². The summed E-state index contributed by atoms with van der Waals surface area (Å²) in [7, 11) is -3.34. The van der Waals surface area contributed by atoms with E-state index in [1.165, 1.54) is 47.4 Å². The quantitative estimate of drug-likeness (QED) is 0.204. The average Bonchev–Trinajstić information content (AvgIpc) is 2.97. The van der Waals surface area contributed by atoms with Gasteiger partial charge in [-0.25, -0.2) is 22.0 Å². The van der Waals surface area contributed by atoms with Gasteiger partial charge >= 0.3 is 6.03 Å². The first-order chi connectivity index (χ1) is 20.6. The second-order valence-corrected chi connectivity index (χ2v) is 12.2. The van der Waals surface area contributed by atoms with Crippen molar-refractivity contribution >= 4 is 45.5 Å². The summed E-state index contributed by atoms with van der Waals surface area (Å²) in [5.74, 6) is 0.363. The summed E-state index contributed by atoms with van der Waals surface area (Å²) in [6.07, 6.45) is 2.59. The normalized spacial score (nSPS) is 13.9. The van der Waals surface area contributed by atoms with Crippen molar-refractivity contribution in [2.24, 2.45) is 0 Å². The van der Waals surface area contributed by atoms with Gasteiger partial charge in [-0.15, -0.1) is 12.4 Å². The minimum atomic E-state index is -3.34. The molecule has 0 radical (unpaired) electrons. The van der Waals surface area contributed by atoms with Gasteiger partial charge in [0, 0.05) is 31.4 Å². The van der Waals surface area contributed by atoms with Gasteiger partial charge in [-0.3, -0.25) is 14.5 Å². The van der Waals surface area contributed by atoms with E-state index >= 15 is 0 Å². The molecule has 1 fully saturated rings. The number of carbonyl (C=O) groups is 1. The summed E-state index contributed by atoms with van der Waals surface area (Å²) >= 11 is 0. The Bertz CT molecular complexity index is 1650. The molecule has 0 aliphatic carbocycles. The van der Waals surface area contributed by atoms with Gasteiger partial charge in [-0.05, 0) is 97.3 Å². The van der Waals surface area contributed by atoms with Crippen molar-refractivity contribution in [3.05, 3.63) is 114 Å². The molecule has 1 aliphatic heterocycles. The van der Waals surface area contributed by atoms with Gasteiger partial charge in [0.2, 0.25) is 10.0 Å². The Morgan fingerprint density at radius 2 is 1.48 bits per heavy atom. The minimum Gasteiger partial charge on any atom is -0.457 e. The standard InChI is InChI=1S/C32H32F2N4O4S.ClH/c1-43(40,41)36-27-9-15-31(16-10-27)42-30-13-5-23(6-14-30)22-37-19-17-26(18-20-37)35-32(39)38(28-11-7-24(33)8-12-28)29-4-2-3-25(34)21-29;/h2-16,21,26,36H,17-20,22H2,1H3,(H,35,39);1H. The van der Waals surface area contributed by atoms with Crippen molar-refractivity contribution in [2.75, 3.05) is 29.0 Å². The highest BCUT2D eigenvalue weighted by molar-refractivity contribution is 7.92. The average molecular weight is 643 g/mol. The minimum absolute atomic E-state index is 0. The molecule has 0 bridgehead atoms. The monoisotopic (exact) mass is 642 g/mol. The van der Waals surface area contributed by atoms with Crippen LogP contribution in [0.3, 0.4) is 0 Å². The maximum Gasteiger partial charge on any atom is 0.326 e. The largest absolute Gasteiger partial charge is 0.457 e. The summed E-state index contributed by atoms with van der Waals surface area (Å²) in [4.78, 5) is 17.0. The molecule has 0 atom stereocenters. The molecule has 0 spiro atoms. The number of piperidine rings is 1. The molecule has 1 aliphatic rings. The number of hydrogen-bond acceptors (Lipinski definition) is 5. The van der Waals surface area contributed by atoms with Gasteiger partial charge in [0.25, 0.3) is 0 Å². The van der Waals surface area contributed by atoms with Crippen molar-refractivity contribution < 1.29 is 26.7 Å². The van der Waals surface area contributed by atoms with Gasteiger partial charge in [0.1, 0.15) is 23.1 Å². The predicted octanol–water partition coefficient (Wildman–Crippen LogP) is 7.06. The molecule has 2 N–H and O–H groups in total. The fraction of sp³-hybridized carbons (Fsp3) is 0.219. The highest BCUT2D eigenvalue weighted by Crippen LogP contribution is 2.28. The maximum atomic E-state index is 14.0. The first-order valence-corrected chi connectivity index (χ1v) is 15.7. The third-order valence-electron chi connectivity index (χ3n) is 6.99. The van der Waals surface area contributed by atoms with E-state index in [9.17, 15) is 22.0 Å². The molecule has 0 unspecified atom stereocenters. The summed E-state index contributed by atoms with van der Waals surface area (Å²) in [5, 5.41) is 3.07. The molecule has 232 valence electrons. The highest BCUT2D eigenvalue weighted by Gasteiger charge is 2.25. The van der Waals surface area contributed by atoms with E-state index in [4.69, 9.17) is 4.74 Å². The van der Waals surface area contributed by atoms with E-state index < -0.39 is 27.7 Å². The number of sulfonamides is 1. The Labute approximate surface area is 262 Å². The van der Waals surface area contributed by atoms with Crippen LogP contribution in [0.2, 0.25) is 0 Å². The van der Waals surface area contributed by atoms with Crippen LogP contribution in [0, 0.1) is 11.6 Å². The summed E-state index contributed by atoms with van der Waals surface area (Å²) in [6, 6.07) is 25.3. The van der Waals surface area contributed by atoms with Crippen molar-refractivity contribution in [3.8, 4) is 11.5 Å². The Kier molecular flexibility index (Phi) is 10.8. The topological polar surface area (TPSA) is 91.0 Å². The second kappa shape index (κ2) is 14.5. The third kappa shape index (κ3) is 9.15. The number of urea groups is 1. The lowest BCUT2D eigenvalue weighted by atomic mass is 10.0. The lowest BCUT2D eigenvalue weighted by molar-refractivity contribution is 0.189. The van der Waals surface area contributed by atoms with Crippen LogP contribution in [0.4, 0.5) is 30.6 Å². The molecular weight excluding hydrogens is 610 g/mol. The van der Waals surface area contributed by atoms with Crippen molar-refractivity contribution in [2.45, 2.75) is 25.4 Å². The first-order valence-electron chi connectivity index (χ1n) is 13.8. The van der Waals surface area contributed by atoms with Crippen LogP contribution in [0.15, 0.2) is 97.1 Å². The van der Waals surface area contributed by atoms with E-state index in [1.54, 1.807) is 30.3 Å². The van der Waals surface area contributed by atoms with Gasteiger partial charge < -0.3 is 10.1 Å². The van der Waals surface area contributed by atoms with Crippen LogP contribution in [0.1, 0.15) is 18.4 Å². The molecule has 44 heavy (non-hydrogen) atoms. The molecule has 0 aromatic heterocycles. The first kappa shape index (κ1) is 32.7. The molecule has 5 rings (SSSR count). The maximum absolute atomic E-state index is 14.0. The van der Waals surface area contributed by atoms with Crippen LogP contribution in [-0.2, 0) is 16.6 Å². The zero-order valence-electron chi connectivity index (χ0n) is 24.0. The Hall–Kier alpha value is -4.19. The molecule has 1 heterocycles. The van der Waals surface area contributed by atoms with Gasteiger partial charge in [-0.1, -0.05) is 18.2 Å². The molecule has 12 heteroatoms. The van der Waals surface area contributed by atoms with E-state index in [0.717, 1.165) is 44.3 Å². The van der Waals surface area contributed by atoms with Crippen LogP contribution in [0.5, 0.6) is 11.5 Å². The van der Waals surface area contributed by atoms with Crippen molar-refractivity contribution in [3.63, 3.8) is 0 Å². The lowest BCUT2D eigenvalue weighted by Crippen LogP contribution is -2.48. The molecule has 8 nitrogen and oxygen atoms in total. The summed E-state index contributed by atoms with van der Waals surface area (Å²) < 4.78 is 58.5. The van der Waals surface area contributed by atoms with Crippen molar-refractivity contribution in [1.82, 2.24) is 10.2 Å². The van der Waals surface area contributed by atoms with E-state index in [2.05, 4.69) is 14.9 Å². The second-order valence-electron chi connectivity index (χ2n) is 10.4. The zero-order chi connectivity index (χ0) is 30.4. The molecule has 0 saturated carbocycles. The Morgan fingerprint density at radius 1 is 0.864 bits per heavy atom. The van der Waals surface area contributed by atoms with Gasteiger partial charge in [0.05, 0.1) is 17.6 Å². The van der Waals surface area contributed by atoms with Crippen LogP contribution in [-0.4, -0.2) is 44.7 Å². The fourth-order valence-corrected chi connectivity index (χ4v) is 5.49. The smallest absolute Gasteiger partial charge is 0.326 e. The number of ether oxygens (including phenoxy) is 1. The van der Waals surface area contributed by atoms with Gasteiger partial charge in [0.15, 0.2) is 0 Å². The zero-order valence-corrected chi connectivity index (χ0v) is 25.6. The summed E-state index contributed by atoms with van der Waals surface area (Å²) in [6.45, 7) is 2.32. The SMILES string of the molecule is CS(=O)(=O)Nc1ccc(Oc2ccc(CN3CCC(NC(=O)N(c4ccc(F)cc4)c4cccc(F)c4)CC3)cc2)cc1.Cl. The molecule has 2 amide bonds. The molecular formula is C32H33ClF2N4O4S. The number of nitrogens with zero attached hydrogens (tertiary/aromatic N) is 2. The Balaban J connectivity index is 0.00000442. The molecule has 4 aromatic rings. The number of carbonyl (C=O) groups excluding carboxylic acids is 1. The number of likely N-dealkylation sites (tertiary alicyclic amines) is 1. The van der Waals surface area contributed by atoms with E-state index in [0.29, 0.717) is 28.6 Å². The lowest BCUT2D eigenvalue weighted by Gasteiger charge is -2.34. The number of hydrogen-bond donors (Lipinski definition) is 2. The van der Waals surface area contributed by atoms with Crippen molar-refractivity contribution in [1.29, 1.82) is 0 Å². The van der Waals surface area contributed by atoms with Gasteiger partial charge in [-0.2, -0.15) is 0 Å². The number of rotatable bonds is 9. The number of nitrogens with one attached hydrogen (secondary N) is 2. The summed E-state index contributed by atoms with van der Waals surface area (Å²) in [5.41, 5.74) is 2.38. The fourth-order valence-electron chi connectivity index (χ4n) is 4.93. The number of benzene rings is 4. The molecule has 4 aromatic carbocycles. The van der Waals surface area contributed by atoms with E-state index in [-0.39, 0.29) is 18.4 Å². The number of anilines is 3. The van der Waals surface area contributed by atoms with E-state index in [1.807, 2.05) is 24.3 Å². The third-order valence-corrected chi connectivity index (χ3v) is 7.60.